The van der Waals surface area contributed by atoms with Gasteiger partial charge in [-0.05, 0) is 31.0 Å². The number of methoxy groups -OCH3 is 1. The second-order valence-corrected chi connectivity index (χ2v) is 8.72. The lowest BCUT2D eigenvalue weighted by molar-refractivity contribution is 0.0143. The fourth-order valence-electron chi connectivity index (χ4n) is 3.33. The van der Waals surface area contributed by atoms with E-state index >= 15 is 0 Å². The number of benzene rings is 1. The fourth-order valence-corrected chi connectivity index (χ4v) is 4.80. The van der Waals surface area contributed by atoms with Crippen LogP contribution in [0.4, 0.5) is 0 Å². The van der Waals surface area contributed by atoms with Crippen LogP contribution in [0.1, 0.15) is 18.9 Å². The number of ether oxygens (including phenoxy) is 2. The molecule has 0 N–H and O–H groups in total. The van der Waals surface area contributed by atoms with Gasteiger partial charge < -0.3 is 9.47 Å². The summed E-state index contributed by atoms with van der Waals surface area (Å²) >= 11 is 0. The molecule has 134 valence electrons. The molecule has 0 saturated carbocycles. The van der Waals surface area contributed by atoms with E-state index in [-0.39, 0.29) is 5.60 Å². The number of sulfonamides is 1. The van der Waals surface area contributed by atoms with Crippen molar-refractivity contribution < 1.29 is 17.9 Å². The summed E-state index contributed by atoms with van der Waals surface area (Å²) in [5, 5.41) is 0. The standard InChI is InChI=1S/C17H26N2O4S/c1-17(22-2)6-7-18(14-17)13-15-4-3-5-16(12-15)24(20,21)19-8-10-23-11-9-19/h3-5,12H,6-11,13-14H2,1-2H3. The van der Waals surface area contributed by atoms with Crippen LogP contribution in [-0.4, -0.2) is 69.7 Å². The van der Waals surface area contributed by atoms with E-state index in [9.17, 15) is 8.42 Å². The Bertz CT molecular complexity index is 673. The highest BCUT2D eigenvalue weighted by atomic mass is 32.2. The summed E-state index contributed by atoms with van der Waals surface area (Å²) in [5.74, 6) is 0. The molecule has 1 aromatic carbocycles. The van der Waals surface area contributed by atoms with Gasteiger partial charge in [0.25, 0.3) is 0 Å². The Labute approximate surface area is 144 Å². The van der Waals surface area contributed by atoms with Gasteiger partial charge in [-0.3, -0.25) is 4.90 Å². The highest BCUT2D eigenvalue weighted by Gasteiger charge is 2.33. The molecule has 0 spiro atoms. The minimum Gasteiger partial charge on any atom is -0.379 e. The maximum Gasteiger partial charge on any atom is 0.243 e. The zero-order chi connectivity index (χ0) is 17.2. The third-order valence-corrected chi connectivity index (χ3v) is 6.81. The molecule has 0 aliphatic carbocycles. The van der Waals surface area contributed by atoms with E-state index in [0.29, 0.717) is 31.2 Å². The molecule has 0 aromatic heterocycles. The first-order valence-corrected chi connectivity index (χ1v) is 9.81. The number of rotatable bonds is 5. The Morgan fingerprint density at radius 2 is 2.00 bits per heavy atom. The van der Waals surface area contributed by atoms with Gasteiger partial charge >= 0.3 is 0 Å². The monoisotopic (exact) mass is 354 g/mol. The number of morpholine rings is 1. The van der Waals surface area contributed by atoms with E-state index in [1.807, 2.05) is 12.1 Å². The average Bonchev–Trinajstić information content (AvgIpc) is 2.97. The largest absolute Gasteiger partial charge is 0.379 e. The summed E-state index contributed by atoms with van der Waals surface area (Å²) in [6.45, 7) is 6.45. The van der Waals surface area contributed by atoms with Crippen molar-refractivity contribution in [3.63, 3.8) is 0 Å². The van der Waals surface area contributed by atoms with Crippen molar-refractivity contribution in [2.45, 2.75) is 30.4 Å². The molecule has 2 aliphatic heterocycles. The molecule has 2 fully saturated rings. The van der Waals surface area contributed by atoms with E-state index in [0.717, 1.165) is 31.6 Å². The molecule has 6 nitrogen and oxygen atoms in total. The summed E-state index contributed by atoms with van der Waals surface area (Å²) in [6.07, 6.45) is 0.995. The van der Waals surface area contributed by atoms with Crippen molar-refractivity contribution in [2.75, 3.05) is 46.5 Å². The molecule has 2 aliphatic rings. The van der Waals surface area contributed by atoms with Crippen LogP contribution in [-0.2, 0) is 26.0 Å². The van der Waals surface area contributed by atoms with Crippen LogP contribution in [0.15, 0.2) is 29.2 Å². The van der Waals surface area contributed by atoms with Crippen LogP contribution < -0.4 is 0 Å². The minimum atomic E-state index is -3.44. The zero-order valence-corrected chi connectivity index (χ0v) is 15.2. The quantitative estimate of drug-likeness (QED) is 0.798. The molecule has 7 heteroatoms. The number of nitrogens with zero attached hydrogens (tertiary/aromatic N) is 2. The van der Waals surface area contributed by atoms with Crippen molar-refractivity contribution >= 4 is 10.0 Å². The SMILES string of the molecule is COC1(C)CCN(Cc2cccc(S(=O)(=O)N3CCOCC3)c2)C1. The van der Waals surface area contributed by atoms with Crippen LogP contribution in [0.2, 0.25) is 0 Å². The van der Waals surface area contributed by atoms with Crippen molar-refractivity contribution in [3.8, 4) is 0 Å². The van der Waals surface area contributed by atoms with E-state index in [4.69, 9.17) is 9.47 Å². The molecule has 1 aromatic rings. The first-order valence-electron chi connectivity index (χ1n) is 8.37. The number of likely N-dealkylation sites (tertiary alicyclic amines) is 1. The lowest BCUT2D eigenvalue weighted by Gasteiger charge is -2.26. The van der Waals surface area contributed by atoms with E-state index in [2.05, 4.69) is 11.8 Å². The molecule has 2 saturated heterocycles. The van der Waals surface area contributed by atoms with Gasteiger partial charge in [0.15, 0.2) is 0 Å². The lowest BCUT2D eigenvalue weighted by atomic mass is 10.1. The topological polar surface area (TPSA) is 59.1 Å². The van der Waals surface area contributed by atoms with Crippen molar-refractivity contribution in [2.24, 2.45) is 0 Å². The summed E-state index contributed by atoms with van der Waals surface area (Å²) < 4.78 is 37.8. The first-order chi connectivity index (χ1) is 11.4. The Morgan fingerprint density at radius 1 is 1.25 bits per heavy atom. The van der Waals surface area contributed by atoms with Gasteiger partial charge in [0.2, 0.25) is 10.0 Å². The van der Waals surface area contributed by atoms with E-state index < -0.39 is 10.0 Å². The predicted octanol–water partition coefficient (Wildman–Crippen LogP) is 1.32. The Morgan fingerprint density at radius 3 is 2.67 bits per heavy atom. The molecule has 0 bridgehead atoms. The maximum atomic E-state index is 12.8. The van der Waals surface area contributed by atoms with Crippen molar-refractivity contribution in [3.05, 3.63) is 29.8 Å². The van der Waals surface area contributed by atoms with Crippen LogP contribution in [0.5, 0.6) is 0 Å². The van der Waals surface area contributed by atoms with Gasteiger partial charge in [0.05, 0.1) is 23.7 Å². The molecule has 0 amide bonds. The second kappa shape index (κ2) is 7.09. The molecule has 0 radical (unpaired) electrons. The third-order valence-electron chi connectivity index (χ3n) is 4.92. The second-order valence-electron chi connectivity index (χ2n) is 6.78. The summed E-state index contributed by atoms with van der Waals surface area (Å²) in [7, 11) is -1.69. The Balaban J connectivity index is 1.72. The van der Waals surface area contributed by atoms with E-state index in [1.54, 1.807) is 19.2 Å². The van der Waals surface area contributed by atoms with E-state index in [1.165, 1.54) is 4.31 Å². The lowest BCUT2D eigenvalue weighted by Crippen LogP contribution is -2.40. The molecule has 2 heterocycles. The minimum absolute atomic E-state index is 0.0997. The zero-order valence-electron chi connectivity index (χ0n) is 14.4. The molecule has 3 rings (SSSR count). The van der Waals surface area contributed by atoms with Gasteiger partial charge in [0, 0.05) is 39.8 Å². The smallest absolute Gasteiger partial charge is 0.243 e. The Kier molecular flexibility index (Phi) is 5.27. The molecule has 1 unspecified atom stereocenters. The van der Waals surface area contributed by atoms with Gasteiger partial charge in [-0.2, -0.15) is 4.31 Å². The van der Waals surface area contributed by atoms with Gasteiger partial charge in [-0.1, -0.05) is 12.1 Å². The molecule has 24 heavy (non-hydrogen) atoms. The molecular formula is C17H26N2O4S. The molecular weight excluding hydrogens is 328 g/mol. The van der Waals surface area contributed by atoms with Crippen LogP contribution in [0, 0.1) is 0 Å². The van der Waals surface area contributed by atoms with Crippen LogP contribution in [0.25, 0.3) is 0 Å². The van der Waals surface area contributed by atoms with Crippen molar-refractivity contribution in [1.82, 2.24) is 9.21 Å². The van der Waals surface area contributed by atoms with Crippen LogP contribution in [0.3, 0.4) is 0 Å². The molecule has 1 atom stereocenters. The maximum absolute atomic E-state index is 12.8. The Hall–Kier alpha value is -0.990. The summed E-state index contributed by atoms with van der Waals surface area (Å²) in [4.78, 5) is 2.68. The van der Waals surface area contributed by atoms with Gasteiger partial charge in [-0.15, -0.1) is 0 Å². The summed E-state index contributed by atoms with van der Waals surface area (Å²) in [6, 6.07) is 7.29. The summed E-state index contributed by atoms with van der Waals surface area (Å²) in [5.41, 5.74) is 0.919. The fraction of sp³-hybridized carbons (Fsp3) is 0.647. The van der Waals surface area contributed by atoms with Crippen molar-refractivity contribution in [1.29, 1.82) is 0 Å². The predicted molar refractivity (Wildman–Crippen MR) is 91.3 cm³/mol. The normalized spacial score (nSPS) is 26.8. The van der Waals surface area contributed by atoms with Crippen LogP contribution >= 0.6 is 0 Å². The average molecular weight is 354 g/mol. The van der Waals surface area contributed by atoms with Gasteiger partial charge in [0.1, 0.15) is 0 Å². The highest BCUT2D eigenvalue weighted by Crippen LogP contribution is 2.26. The highest BCUT2D eigenvalue weighted by molar-refractivity contribution is 7.89. The number of hydrogen-bond donors (Lipinski definition) is 0. The van der Waals surface area contributed by atoms with Gasteiger partial charge in [-0.25, -0.2) is 8.42 Å². The number of hydrogen-bond acceptors (Lipinski definition) is 5. The first kappa shape index (κ1) is 17.8. The third kappa shape index (κ3) is 3.81.